The molecular formula is C14H15N3O2. The number of carbonyl (C=O) groups excluding carboxylic acids is 1. The van der Waals surface area contributed by atoms with Crippen LogP contribution in [0.2, 0.25) is 0 Å². The molecule has 5 nitrogen and oxygen atoms in total. The molecular weight excluding hydrogens is 242 g/mol. The second-order valence-electron chi connectivity index (χ2n) is 4.07. The molecule has 0 radical (unpaired) electrons. The van der Waals surface area contributed by atoms with Gasteiger partial charge >= 0.3 is 0 Å². The first-order chi connectivity index (χ1) is 9.10. The largest absolute Gasteiger partial charge is 0.455 e. The number of nitrogens with two attached hydrogens (primary N) is 2. The summed E-state index contributed by atoms with van der Waals surface area (Å²) < 4.78 is 5.63. The van der Waals surface area contributed by atoms with Gasteiger partial charge in [-0.3, -0.25) is 9.78 Å². The fourth-order valence-corrected chi connectivity index (χ4v) is 1.65. The van der Waals surface area contributed by atoms with E-state index in [1.807, 2.05) is 12.1 Å². The second-order valence-corrected chi connectivity index (χ2v) is 4.07. The van der Waals surface area contributed by atoms with Gasteiger partial charge in [0.2, 0.25) is 0 Å². The average molecular weight is 257 g/mol. The van der Waals surface area contributed by atoms with Gasteiger partial charge in [0.15, 0.2) is 0 Å². The van der Waals surface area contributed by atoms with Crippen LogP contribution in [0.1, 0.15) is 23.0 Å². The van der Waals surface area contributed by atoms with Crippen LogP contribution >= 0.6 is 0 Å². The van der Waals surface area contributed by atoms with Crippen LogP contribution < -0.4 is 16.2 Å². The number of pyridine rings is 1. The summed E-state index contributed by atoms with van der Waals surface area (Å²) >= 11 is 0. The predicted octanol–water partition coefficient (Wildman–Crippen LogP) is 2.12. The number of hydrogen-bond acceptors (Lipinski definition) is 4. The number of benzene rings is 1. The number of amides is 1. The number of aromatic nitrogens is 1. The molecule has 0 fully saturated rings. The highest BCUT2D eigenvalue weighted by molar-refractivity contribution is 5.91. The Morgan fingerprint density at radius 2 is 2.11 bits per heavy atom. The van der Waals surface area contributed by atoms with Gasteiger partial charge in [-0.1, -0.05) is 13.0 Å². The molecule has 0 aliphatic heterocycles. The minimum absolute atomic E-state index is 0.154. The van der Waals surface area contributed by atoms with Crippen LogP contribution in [0.4, 0.5) is 5.69 Å². The molecule has 0 saturated carbocycles. The molecule has 0 spiro atoms. The highest BCUT2D eigenvalue weighted by atomic mass is 16.5. The van der Waals surface area contributed by atoms with Crippen molar-refractivity contribution in [3.8, 4) is 11.5 Å². The van der Waals surface area contributed by atoms with Crippen molar-refractivity contribution in [2.45, 2.75) is 13.3 Å². The van der Waals surface area contributed by atoms with Crippen LogP contribution in [-0.4, -0.2) is 10.9 Å². The summed E-state index contributed by atoms with van der Waals surface area (Å²) in [4.78, 5) is 14.9. The third kappa shape index (κ3) is 3.01. The zero-order chi connectivity index (χ0) is 13.8. The molecule has 1 amide bonds. The van der Waals surface area contributed by atoms with E-state index in [4.69, 9.17) is 16.2 Å². The molecule has 1 aromatic carbocycles. The summed E-state index contributed by atoms with van der Waals surface area (Å²) in [6.45, 7) is 2.05. The lowest BCUT2D eigenvalue weighted by atomic mass is 10.1. The Balaban J connectivity index is 2.26. The van der Waals surface area contributed by atoms with Crippen molar-refractivity contribution in [1.29, 1.82) is 0 Å². The normalized spacial score (nSPS) is 10.2. The number of aryl methyl sites for hydroxylation is 1. The van der Waals surface area contributed by atoms with Crippen LogP contribution in [0.25, 0.3) is 0 Å². The topological polar surface area (TPSA) is 91.2 Å². The molecule has 2 aromatic rings. The highest BCUT2D eigenvalue weighted by Gasteiger charge is 2.06. The standard InChI is InChI=1S/C14H15N3O2/c1-2-9-3-4-13(11(15)7-9)19-10-5-6-17-12(8-10)14(16)18/h3-8H,2,15H2,1H3,(H2,16,18). The molecule has 0 bridgehead atoms. The lowest BCUT2D eigenvalue weighted by Gasteiger charge is -2.09. The maximum atomic E-state index is 11.0. The minimum atomic E-state index is -0.597. The molecule has 4 N–H and O–H groups in total. The first kappa shape index (κ1) is 12.9. The van der Waals surface area contributed by atoms with Gasteiger partial charge in [-0.15, -0.1) is 0 Å². The minimum Gasteiger partial charge on any atom is -0.455 e. The molecule has 2 rings (SSSR count). The Bertz CT molecular complexity index is 611. The summed E-state index contributed by atoms with van der Waals surface area (Å²) in [6.07, 6.45) is 2.37. The highest BCUT2D eigenvalue weighted by Crippen LogP contribution is 2.28. The van der Waals surface area contributed by atoms with Gasteiger partial charge in [-0.05, 0) is 30.2 Å². The molecule has 0 unspecified atom stereocenters. The quantitative estimate of drug-likeness (QED) is 0.821. The van der Waals surface area contributed by atoms with Crippen LogP contribution in [0.5, 0.6) is 11.5 Å². The summed E-state index contributed by atoms with van der Waals surface area (Å²) in [7, 11) is 0. The lowest BCUT2D eigenvalue weighted by molar-refractivity contribution is 0.0995. The van der Waals surface area contributed by atoms with Gasteiger partial charge in [-0.2, -0.15) is 0 Å². The number of nitrogens with zero attached hydrogens (tertiary/aromatic N) is 1. The summed E-state index contributed by atoms with van der Waals surface area (Å²) in [5.74, 6) is 0.415. The first-order valence-corrected chi connectivity index (χ1v) is 5.92. The van der Waals surface area contributed by atoms with Gasteiger partial charge in [0.05, 0.1) is 5.69 Å². The van der Waals surface area contributed by atoms with Crippen molar-refractivity contribution in [2.75, 3.05) is 5.73 Å². The monoisotopic (exact) mass is 257 g/mol. The number of carbonyl (C=O) groups is 1. The predicted molar refractivity (Wildman–Crippen MR) is 73.1 cm³/mol. The molecule has 0 aliphatic carbocycles. The van der Waals surface area contributed by atoms with E-state index in [1.54, 1.807) is 12.1 Å². The Morgan fingerprint density at radius 1 is 1.32 bits per heavy atom. The summed E-state index contributed by atoms with van der Waals surface area (Å²) in [5.41, 5.74) is 12.9. The van der Waals surface area contributed by atoms with Gasteiger partial charge in [0.25, 0.3) is 5.91 Å². The molecule has 1 heterocycles. The fourth-order valence-electron chi connectivity index (χ4n) is 1.65. The molecule has 1 aromatic heterocycles. The number of nitrogen functional groups attached to an aromatic ring is 1. The van der Waals surface area contributed by atoms with Crippen molar-refractivity contribution in [3.05, 3.63) is 47.8 Å². The average Bonchev–Trinajstić information content (AvgIpc) is 2.41. The van der Waals surface area contributed by atoms with E-state index < -0.39 is 5.91 Å². The molecule has 0 saturated heterocycles. The third-order valence-corrected chi connectivity index (χ3v) is 2.69. The fraction of sp³-hybridized carbons (Fsp3) is 0.143. The zero-order valence-electron chi connectivity index (χ0n) is 10.6. The van der Waals surface area contributed by atoms with Crippen molar-refractivity contribution >= 4 is 11.6 Å². The molecule has 98 valence electrons. The molecule has 0 aliphatic rings. The van der Waals surface area contributed by atoms with E-state index in [2.05, 4.69) is 11.9 Å². The number of ether oxygens (including phenoxy) is 1. The van der Waals surface area contributed by atoms with Crippen molar-refractivity contribution < 1.29 is 9.53 Å². The smallest absolute Gasteiger partial charge is 0.267 e. The van der Waals surface area contributed by atoms with Crippen LogP contribution in [0, 0.1) is 0 Å². The van der Waals surface area contributed by atoms with Gasteiger partial charge in [0.1, 0.15) is 17.2 Å². The van der Waals surface area contributed by atoms with E-state index in [0.29, 0.717) is 17.2 Å². The zero-order valence-corrected chi connectivity index (χ0v) is 10.6. The van der Waals surface area contributed by atoms with Gasteiger partial charge in [0, 0.05) is 12.3 Å². The lowest BCUT2D eigenvalue weighted by Crippen LogP contribution is -2.12. The van der Waals surface area contributed by atoms with Crippen molar-refractivity contribution in [3.63, 3.8) is 0 Å². The van der Waals surface area contributed by atoms with Crippen LogP contribution in [0.15, 0.2) is 36.5 Å². The molecule has 5 heteroatoms. The molecule has 0 atom stereocenters. The van der Waals surface area contributed by atoms with E-state index >= 15 is 0 Å². The van der Waals surface area contributed by atoms with E-state index in [1.165, 1.54) is 12.3 Å². The Morgan fingerprint density at radius 3 is 2.74 bits per heavy atom. The Kier molecular flexibility index (Phi) is 3.66. The van der Waals surface area contributed by atoms with Gasteiger partial charge in [-0.25, -0.2) is 0 Å². The number of anilines is 1. The number of rotatable bonds is 4. The summed E-state index contributed by atoms with van der Waals surface area (Å²) in [5, 5.41) is 0. The second kappa shape index (κ2) is 5.39. The maximum Gasteiger partial charge on any atom is 0.267 e. The maximum absolute atomic E-state index is 11.0. The molecule has 19 heavy (non-hydrogen) atoms. The SMILES string of the molecule is CCc1ccc(Oc2ccnc(C(N)=O)c2)c(N)c1. The van der Waals surface area contributed by atoms with Crippen LogP contribution in [0.3, 0.4) is 0 Å². The van der Waals surface area contributed by atoms with E-state index in [-0.39, 0.29) is 5.69 Å². The third-order valence-electron chi connectivity index (χ3n) is 2.69. The van der Waals surface area contributed by atoms with Gasteiger partial charge < -0.3 is 16.2 Å². The number of hydrogen-bond donors (Lipinski definition) is 2. The van der Waals surface area contributed by atoms with E-state index in [9.17, 15) is 4.79 Å². The first-order valence-electron chi connectivity index (χ1n) is 5.92. The van der Waals surface area contributed by atoms with E-state index in [0.717, 1.165) is 12.0 Å². The van der Waals surface area contributed by atoms with Crippen LogP contribution in [-0.2, 0) is 6.42 Å². The Hall–Kier alpha value is -2.56. The number of primary amides is 1. The van der Waals surface area contributed by atoms with Crippen molar-refractivity contribution in [1.82, 2.24) is 4.98 Å². The van der Waals surface area contributed by atoms with Crippen molar-refractivity contribution in [2.24, 2.45) is 5.73 Å². The summed E-state index contributed by atoms with van der Waals surface area (Å²) in [6, 6.07) is 8.74. The Labute approximate surface area is 111 Å².